The fraction of sp³-hybridized carbons (Fsp3) is 0.273. The number of unbranched alkanes of at least 4 members (excludes halogenated alkanes) is 2. The monoisotopic (exact) mass is 588 g/mol. The molecule has 0 aromatic heterocycles. The standard InChI is InChI=1S/C33H40N4O6/c1-4-32(38)42-22-8-6-20-40-29-16-14-28(15-17-29)35-34-26-10-12-27(13-11-26)36-37-31-19-18-30(24-25(31)3)41-21-7-9-23-43-33(39)5-2/h4-5,10-19,24,34-37H,1-2,6-9,20-23H2,3H3. The van der Waals surface area contributed by atoms with Crippen LogP contribution in [-0.2, 0) is 19.1 Å². The number of benzene rings is 3. The normalized spacial score (nSPS) is 10.2. The first-order valence-electron chi connectivity index (χ1n) is 14.2. The summed E-state index contributed by atoms with van der Waals surface area (Å²) < 4.78 is 21.4. The Morgan fingerprint density at radius 2 is 1.02 bits per heavy atom. The molecule has 3 aromatic rings. The predicted octanol–water partition coefficient (Wildman–Crippen LogP) is 6.65. The van der Waals surface area contributed by atoms with Crippen LogP contribution in [0.1, 0.15) is 31.2 Å². The maximum absolute atomic E-state index is 11.0. The first-order valence-corrected chi connectivity index (χ1v) is 14.2. The molecular formula is C33H40N4O6. The zero-order valence-corrected chi connectivity index (χ0v) is 24.5. The molecule has 0 fully saturated rings. The Morgan fingerprint density at radius 1 is 0.605 bits per heavy atom. The molecular weight excluding hydrogens is 548 g/mol. The second kappa shape index (κ2) is 18.3. The average molecular weight is 589 g/mol. The molecule has 4 N–H and O–H groups in total. The highest BCUT2D eigenvalue weighted by Crippen LogP contribution is 2.23. The predicted molar refractivity (Wildman–Crippen MR) is 170 cm³/mol. The molecule has 10 nitrogen and oxygen atoms in total. The molecule has 0 bridgehead atoms. The highest BCUT2D eigenvalue weighted by Gasteiger charge is 2.03. The van der Waals surface area contributed by atoms with Gasteiger partial charge < -0.3 is 40.7 Å². The molecule has 0 amide bonds. The maximum atomic E-state index is 11.0. The molecule has 0 aliphatic carbocycles. The lowest BCUT2D eigenvalue weighted by Crippen LogP contribution is -2.11. The number of aryl methyl sites for hydroxylation is 1. The Hall–Kier alpha value is -5.12. The SMILES string of the molecule is C=CC(=O)OCCCCOc1ccc(NNc2ccc(NNc3ccc(OCCCCOC(=O)C=C)cc3C)cc2)cc1. The second-order valence-electron chi connectivity index (χ2n) is 9.43. The Labute approximate surface area is 253 Å². The first-order chi connectivity index (χ1) is 21.0. The molecule has 0 aliphatic rings. The number of nitrogens with one attached hydrogen (secondary N) is 4. The summed E-state index contributed by atoms with van der Waals surface area (Å²) in [6.07, 6.45) is 5.36. The number of hydrazine groups is 2. The fourth-order valence-electron chi connectivity index (χ4n) is 3.67. The van der Waals surface area contributed by atoms with Gasteiger partial charge in [0.1, 0.15) is 11.5 Å². The topological polar surface area (TPSA) is 119 Å². The zero-order chi connectivity index (χ0) is 30.7. The van der Waals surface area contributed by atoms with Crippen molar-refractivity contribution in [2.24, 2.45) is 0 Å². The largest absolute Gasteiger partial charge is 0.494 e. The van der Waals surface area contributed by atoms with Crippen molar-refractivity contribution in [3.8, 4) is 11.5 Å². The van der Waals surface area contributed by atoms with Gasteiger partial charge in [-0.3, -0.25) is 0 Å². The van der Waals surface area contributed by atoms with Crippen LogP contribution in [0, 0.1) is 6.92 Å². The van der Waals surface area contributed by atoms with E-state index in [2.05, 4.69) is 34.9 Å². The minimum atomic E-state index is -0.404. The molecule has 0 unspecified atom stereocenters. The smallest absolute Gasteiger partial charge is 0.330 e. The molecule has 0 radical (unpaired) electrons. The molecule has 228 valence electrons. The highest BCUT2D eigenvalue weighted by atomic mass is 16.5. The molecule has 3 aromatic carbocycles. The van der Waals surface area contributed by atoms with E-state index in [0.717, 1.165) is 77.6 Å². The van der Waals surface area contributed by atoms with Crippen LogP contribution in [0.4, 0.5) is 22.7 Å². The van der Waals surface area contributed by atoms with Crippen LogP contribution in [0.25, 0.3) is 0 Å². The van der Waals surface area contributed by atoms with E-state index in [9.17, 15) is 9.59 Å². The third-order valence-corrected chi connectivity index (χ3v) is 6.07. The molecule has 0 saturated carbocycles. The summed E-state index contributed by atoms with van der Waals surface area (Å²) in [4.78, 5) is 22.0. The van der Waals surface area contributed by atoms with Crippen LogP contribution in [0.5, 0.6) is 11.5 Å². The minimum absolute atomic E-state index is 0.362. The number of esters is 2. The van der Waals surface area contributed by atoms with E-state index in [1.54, 1.807) is 0 Å². The first kappa shape index (κ1) is 32.4. The number of carbonyl (C=O) groups is 2. The van der Waals surface area contributed by atoms with Crippen molar-refractivity contribution in [3.05, 3.63) is 97.6 Å². The summed E-state index contributed by atoms with van der Waals surface area (Å²) in [6, 6.07) is 21.4. The van der Waals surface area contributed by atoms with Crippen molar-refractivity contribution in [1.29, 1.82) is 0 Å². The molecule has 0 spiro atoms. The Morgan fingerprint density at radius 3 is 1.51 bits per heavy atom. The Balaban J connectivity index is 1.32. The Bertz CT molecular complexity index is 1310. The summed E-state index contributed by atoms with van der Waals surface area (Å²) in [5, 5.41) is 0. The van der Waals surface area contributed by atoms with E-state index < -0.39 is 11.9 Å². The van der Waals surface area contributed by atoms with Crippen LogP contribution in [0.2, 0.25) is 0 Å². The zero-order valence-electron chi connectivity index (χ0n) is 24.5. The van der Waals surface area contributed by atoms with Gasteiger partial charge in [-0.25, -0.2) is 9.59 Å². The van der Waals surface area contributed by atoms with Crippen LogP contribution >= 0.6 is 0 Å². The van der Waals surface area contributed by atoms with Gasteiger partial charge in [0.15, 0.2) is 0 Å². The van der Waals surface area contributed by atoms with Gasteiger partial charge in [0, 0.05) is 12.2 Å². The molecule has 10 heteroatoms. The minimum Gasteiger partial charge on any atom is -0.494 e. The van der Waals surface area contributed by atoms with Crippen molar-refractivity contribution in [1.82, 2.24) is 0 Å². The number of ether oxygens (including phenoxy) is 4. The number of carbonyl (C=O) groups excluding carboxylic acids is 2. The van der Waals surface area contributed by atoms with E-state index in [0.29, 0.717) is 26.4 Å². The van der Waals surface area contributed by atoms with Gasteiger partial charge in [-0.15, -0.1) is 0 Å². The molecule has 3 rings (SSSR count). The third kappa shape index (κ3) is 12.5. The summed E-state index contributed by atoms with van der Waals surface area (Å²) in [7, 11) is 0. The number of anilines is 4. The summed E-state index contributed by atoms with van der Waals surface area (Å²) in [6.45, 7) is 10.6. The van der Waals surface area contributed by atoms with Gasteiger partial charge in [0.25, 0.3) is 0 Å². The van der Waals surface area contributed by atoms with Gasteiger partial charge in [-0.2, -0.15) is 0 Å². The van der Waals surface area contributed by atoms with Crippen LogP contribution in [0.3, 0.4) is 0 Å². The summed E-state index contributed by atoms with van der Waals surface area (Å²) >= 11 is 0. The van der Waals surface area contributed by atoms with E-state index in [1.165, 1.54) is 0 Å². The number of rotatable bonds is 20. The van der Waals surface area contributed by atoms with Crippen molar-refractivity contribution >= 4 is 34.7 Å². The lowest BCUT2D eigenvalue weighted by Gasteiger charge is -2.15. The van der Waals surface area contributed by atoms with Gasteiger partial charge in [-0.05, 0) is 105 Å². The van der Waals surface area contributed by atoms with E-state index in [-0.39, 0.29) is 0 Å². The van der Waals surface area contributed by atoms with Crippen molar-refractivity contribution < 1.29 is 28.5 Å². The van der Waals surface area contributed by atoms with E-state index in [1.807, 2.05) is 73.7 Å². The molecule has 0 aliphatic heterocycles. The highest BCUT2D eigenvalue weighted by molar-refractivity contribution is 5.81. The second-order valence-corrected chi connectivity index (χ2v) is 9.43. The maximum Gasteiger partial charge on any atom is 0.330 e. The molecule has 43 heavy (non-hydrogen) atoms. The van der Waals surface area contributed by atoms with Crippen LogP contribution in [-0.4, -0.2) is 38.4 Å². The van der Waals surface area contributed by atoms with Gasteiger partial charge >= 0.3 is 11.9 Å². The lowest BCUT2D eigenvalue weighted by atomic mass is 10.2. The van der Waals surface area contributed by atoms with Crippen LogP contribution in [0.15, 0.2) is 92.0 Å². The van der Waals surface area contributed by atoms with Crippen LogP contribution < -0.4 is 31.2 Å². The molecule has 0 heterocycles. The quantitative estimate of drug-likeness (QED) is 0.0494. The Kier molecular flexibility index (Phi) is 13.8. The number of hydrogen-bond acceptors (Lipinski definition) is 10. The van der Waals surface area contributed by atoms with Gasteiger partial charge in [0.05, 0.1) is 49.2 Å². The molecule has 0 atom stereocenters. The summed E-state index contributed by atoms with van der Waals surface area (Å²) in [5.74, 6) is 0.754. The van der Waals surface area contributed by atoms with E-state index in [4.69, 9.17) is 18.9 Å². The fourth-order valence-corrected chi connectivity index (χ4v) is 3.67. The lowest BCUT2D eigenvalue weighted by molar-refractivity contribution is -0.138. The van der Waals surface area contributed by atoms with Gasteiger partial charge in [0.2, 0.25) is 0 Å². The number of hydrogen-bond donors (Lipinski definition) is 4. The van der Waals surface area contributed by atoms with Crippen molar-refractivity contribution in [2.45, 2.75) is 32.6 Å². The molecule has 0 saturated heterocycles. The third-order valence-electron chi connectivity index (χ3n) is 6.07. The van der Waals surface area contributed by atoms with Crippen molar-refractivity contribution in [3.63, 3.8) is 0 Å². The van der Waals surface area contributed by atoms with Crippen molar-refractivity contribution in [2.75, 3.05) is 48.1 Å². The van der Waals surface area contributed by atoms with E-state index >= 15 is 0 Å². The average Bonchev–Trinajstić information content (AvgIpc) is 3.03. The summed E-state index contributed by atoms with van der Waals surface area (Å²) in [5.41, 5.74) is 17.5. The van der Waals surface area contributed by atoms with Gasteiger partial charge in [-0.1, -0.05) is 13.2 Å².